The lowest BCUT2D eigenvalue weighted by Gasteiger charge is -2.21. The lowest BCUT2D eigenvalue weighted by molar-refractivity contribution is -0.610. The minimum atomic E-state index is -0.540. The normalized spacial score (nSPS) is 15.7. The molecule has 4 aromatic rings. The molecule has 2 aromatic heterocycles. The minimum Gasteiger partial charge on any atom is -0.496 e. The zero-order chi connectivity index (χ0) is 27.4. The van der Waals surface area contributed by atoms with Gasteiger partial charge in [0.2, 0.25) is 0 Å². The van der Waals surface area contributed by atoms with Gasteiger partial charge in [0.05, 0.1) is 19.1 Å². The van der Waals surface area contributed by atoms with Crippen molar-refractivity contribution < 1.29 is 14.1 Å². The van der Waals surface area contributed by atoms with Crippen LogP contribution in [0.2, 0.25) is 10.0 Å². The summed E-state index contributed by atoms with van der Waals surface area (Å²) in [7, 11) is 5.18. The molecule has 5 rings (SSSR count). The van der Waals surface area contributed by atoms with E-state index in [0.29, 0.717) is 10.0 Å². The smallest absolute Gasteiger partial charge is 0.402 e. The van der Waals surface area contributed by atoms with Gasteiger partial charge in [0.1, 0.15) is 17.0 Å². The highest BCUT2D eigenvalue weighted by molar-refractivity contribution is 8.76. The number of halogens is 2. The SMILES string of the molecule is COc1cc[n+](-c2nc3cc4c(cc3[nH]2)C(C)(C)C(=O)C4(C)C)c(CSSCc2ccc(Cl)cc2Cl)c1C. The Balaban J connectivity index is 1.47. The number of methoxy groups -OCH3 is 1. The van der Waals surface area contributed by atoms with Gasteiger partial charge < -0.3 is 4.74 Å². The molecule has 0 atom stereocenters. The molecule has 0 saturated heterocycles. The average Bonchev–Trinajstić information content (AvgIpc) is 3.34. The topological polar surface area (TPSA) is 58.9 Å². The van der Waals surface area contributed by atoms with Crippen LogP contribution in [0.1, 0.15) is 55.6 Å². The van der Waals surface area contributed by atoms with E-state index in [0.717, 1.165) is 62.2 Å². The molecule has 1 aliphatic carbocycles. The number of carbonyl (C=O) groups excluding carboxylic acids is 1. The van der Waals surface area contributed by atoms with Crippen molar-refractivity contribution in [3.05, 3.63) is 80.6 Å². The molecular formula is C29H30Cl2N3O2S2+. The molecule has 38 heavy (non-hydrogen) atoms. The van der Waals surface area contributed by atoms with Gasteiger partial charge in [0, 0.05) is 38.3 Å². The Morgan fingerprint density at radius 2 is 1.68 bits per heavy atom. The van der Waals surface area contributed by atoms with Crippen LogP contribution < -0.4 is 9.30 Å². The van der Waals surface area contributed by atoms with Crippen LogP contribution in [0.25, 0.3) is 17.0 Å². The molecule has 5 nitrogen and oxygen atoms in total. The van der Waals surface area contributed by atoms with Gasteiger partial charge in [-0.1, -0.05) is 55.8 Å². The summed E-state index contributed by atoms with van der Waals surface area (Å²) in [6, 6.07) is 11.8. The number of H-pyrrole nitrogens is 1. The zero-order valence-corrected chi connectivity index (χ0v) is 25.4. The van der Waals surface area contributed by atoms with Crippen LogP contribution in [-0.2, 0) is 27.1 Å². The predicted octanol–water partition coefficient (Wildman–Crippen LogP) is 7.68. The number of fused-ring (bicyclic) bond motifs is 2. The van der Waals surface area contributed by atoms with Crippen LogP contribution in [0.4, 0.5) is 0 Å². The molecule has 0 aliphatic heterocycles. The number of ketones is 1. The highest BCUT2D eigenvalue weighted by Crippen LogP contribution is 2.47. The minimum absolute atomic E-state index is 0.240. The Hall–Kier alpha value is -2.19. The first kappa shape index (κ1) is 27.4. The maximum atomic E-state index is 13.1. The molecule has 0 saturated carbocycles. The Morgan fingerprint density at radius 3 is 2.37 bits per heavy atom. The second-order valence-electron chi connectivity index (χ2n) is 10.6. The van der Waals surface area contributed by atoms with Gasteiger partial charge >= 0.3 is 5.95 Å². The summed E-state index contributed by atoms with van der Waals surface area (Å²) in [6.45, 7) is 10.1. The van der Waals surface area contributed by atoms with Crippen LogP contribution in [0.5, 0.6) is 5.75 Å². The second-order valence-corrected chi connectivity index (χ2v) is 13.9. The van der Waals surface area contributed by atoms with Crippen LogP contribution >= 0.6 is 44.8 Å². The third kappa shape index (κ3) is 4.61. The zero-order valence-electron chi connectivity index (χ0n) is 22.2. The summed E-state index contributed by atoms with van der Waals surface area (Å²) in [4.78, 5) is 21.6. The van der Waals surface area contributed by atoms with Gasteiger partial charge in [0.25, 0.3) is 0 Å². The highest BCUT2D eigenvalue weighted by atomic mass is 35.5. The molecule has 0 amide bonds. The molecule has 0 fully saturated rings. The van der Waals surface area contributed by atoms with Crippen LogP contribution in [0.15, 0.2) is 42.6 Å². The number of rotatable bonds is 7. The van der Waals surface area contributed by atoms with Crippen LogP contribution in [0.3, 0.4) is 0 Å². The average molecular weight is 588 g/mol. The van der Waals surface area contributed by atoms with E-state index in [2.05, 4.69) is 28.6 Å². The number of hydrogen-bond donors (Lipinski definition) is 1. The number of benzene rings is 2. The van der Waals surface area contributed by atoms with Crippen LogP contribution in [0, 0.1) is 6.92 Å². The summed E-state index contributed by atoms with van der Waals surface area (Å²) < 4.78 is 7.72. The summed E-state index contributed by atoms with van der Waals surface area (Å²) in [5.41, 5.74) is 6.03. The van der Waals surface area contributed by atoms with Gasteiger partial charge in [-0.05, 0) is 75.6 Å². The van der Waals surface area contributed by atoms with Crippen molar-refractivity contribution in [2.75, 3.05) is 7.11 Å². The molecule has 1 N–H and O–H groups in total. The van der Waals surface area contributed by atoms with Crippen molar-refractivity contribution >= 4 is 61.6 Å². The van der Waals surface area contributed by atoms with E-state index >= 15 is 0 Å². The van der Waals surface area contributed by atoms with E-state index < -0.39 is 10.8 Å². The number of aromatic amines is 1. The fourth-order valence-corrected chi connectivity index (χ4v) is 8.12. The monoisotopic (exact) mass is 586 g/mol. The lowest BCUT2D eigenvalue weighted by atomic mass is 9.80. The summed E-state index contributed by atoms with van der Waals surface area (Å²) >= 11 is 12.4. The number of imidazole rings is 1. The van der Waals surface area contributed by atoms with Gasteiger partial charge in [0.15, 0.2) is 11.3 Å². The molecule has 0 bridgehead atoms. The van der Waals surface area contributed by atoms with Crippen molar-refractivity contribution in [3.63, 3.8) is 0 Å². The fourth-order valence-electron chi connectivity index (χ4n) is 5.34. The number of pyridine rings is 1. The molecule has 0 spiro atoms. The Morgan fingerprint density at radius 1 is 1.00 bits per heavy atom. The third-order valence-electron chi connectivity index (χ3n) is 7.52. The number of nitrogens with zero attached hydrogens (tertiary/aromatic N) is 2. The Bertz CT molecular complexity index is 1530. The molecular weight excluding hydrogens is 557 g/mol. The number of carbonyl (C=O) groups is 1. The Kier molecular flexibility index (Phi) is 7.27. The van der Waals surface area contributed by atoms with E-state index in [-0.39, 0.29) is 5.78 Å². The van der Waals surface area contributed by atoms with Crippen molar-refractivity contribution in [3.8, 4) is 11.7 Å². The van der Waals surface area contributed by atoms with Crippen LogP contribution in [-0.4, -0.2) is 22.9 Å². The number of ether oxygens (including phenoxy) is 1. The van der Waals surface area contributed by atoms with Crippen molar-refractivity contribution in [1.29, 1.82) is 0 Å². The molecule has 1 aliphatic rings. The molecule has 0 radical (unpaired) electrons. The van der Waals surface area contributed by atoms with Crippen molar-refractivity contribution in [2.24, 2.45) is 0 Å². The van der Waals surface area contributed by atoms with Gasteiger partial charge in [-0.25, -0.2) is 9.55 Å². The fraction of sp³-hybridized carbons (Fsp3) is 0.345. The summed E-state index contributed by atoms with van der Waals surface area (Å²) in [5, 5.41) is 1.32. The van der Waals surface area contributed by atoms with Gasteiger partial charge in [-0.3, -0.25) is 4.79 Å². The van der Waals surface area contributed by atoms with E-state index in [9.17, 15) is 4.79 Å². The number of Topliss-reactive ketones (excluding diaryl/α,β-unsaturated/α-hetero) is 1. The summed E-state index contributed by atoms with van der Waals surface area (Å²) in [5.74, 6) is 3.31. The lowest BCUT2D eigenvalue weighted by Crippen LogP contribution is -2.37. The third-order valence-corrected chi connectivity index (χ3v) is 10.3. The van der Waals surface area contributed by atoms with E-state index in [4.69, 9.17) is 32.9 Å². The van der Waals surface area contributed by atoms with Gasteiger partial charge in [-0.2, -0.15) is 0 Å². The van der Waals surface area contributed by atoms with E-state index in [1.807, 2.05) is 52.1 Å². The molecule has 198 valence electrons. The van der Waals surface area contributed by atoms with Crippen molar-refractivity contribution in [1.82, 2.24) is 9.97 Å². The Labute approximate surface area is 241 Å². The van der Waals surface area contributed by atoms with E-state index in [1.165, 1.54) is 0 Å². The van der Waals surface area contributed by atoms with Gasteiger partial charge in [-0.15, -0.1) is 0 Å². The summed E-state index contributed by atoms with van der Waals surface area (Å²) in [6.07, 6.45) is 1.99. The quantitative estimate of drug-likeness (QED) is 0.137. The standard InChI is InChI=1S/C29H30Cl2N3O2S2/c1-16-24(15-38-37-14-17-7-8-18(30)11-21(17)31)34(10-9-25(16)36-6)27-32-22-12-19-20(13-23(22)33-27)29(4,5)26(35)28(19,2)3/h7-13H,14-15H2,1-6H3,(H,32,33)/q+1. The van der Waals surface area contributed by atoms with E-state index in [1.54, 1.807) is 34.8 Å². The number of nitrogens with one attached hydrogen (secondary N) is 1. The van der Waals surface area contributed by atoms with Crippen molar-refractivity contribution in [2.45, 2.75) is 57.0 Å². The number of aromatic nitrogens is 3. The molecule has 2 aromatic carbocycles. The number of hydrogen-bond acceptors (Lipinski definition) is 5. The first-order chi connectivity index (χ1) is 17.9. The second kappa shape index (κ2) is 10.1. The first-order valence-corrected chi connectivity index (χ1v) is 15.6. The largest absolute Gasteiger partial charge is 0.496 e. The molecule has 9 heteroatoms. The maximum absolute atomic E-state index is 13.1. The highest BCUT2D eigenvalue weighted by Gasteiger charge is 2.50. The maximum Gasteiger partial charge on any atom is 0.402 e. The first-order valence-electron chi connectivity index (χ1n) is 12.3. The molecule has 0 unspecified atom stereocenters. The molecule has 2 heterocycles. The predicted molar refractivity (Wildman–Crippen MR) is 159 cm³/mol.